The number of benzene rings is 2. The summed E-state index contributed by atoms with van der Waals surface area (Å²) in [5, 5.41) is 6.57. The molecule has 6 nitrogen and oxygen atoms in total. The Morgan fingerprint density at radius 1 is 1.00 bits per heavy atom. The summed E-state index contributed by atoms with van der Waals surface area (Å²) in [6.07, 6.45) is 1.81. The molecule has 0 saturated heterocycles. The number of anilines is 1. The first-order valence-corrected chi connectivity index (χ1v) is 11.7. The van der Waals surface area contributed by atoms with E-state index in [1.165, 1.54) is 5.56 Å². The number of primary amides is 1. The Hall–Kier alpha value is -3.02. The lowest BCUT2D eigenvalue weighted by Crippen LogP contribution is -2.33. The molecule has 1 unspecified atom stereocenters. The smallest absolute Gasteiger partial charge is 0.338 e. The number of rotatable bonds is 10. The molecule has 0 aliphatic rings. The monoisotopic (exact) mass is 452 g/mol. The van der Waals surface area contributed by atoms with Gasteiger partial charge in [-0.15, -0.1) is 0 Å². The van der Waals surface area contributed by atoms with E-state index >= 15 is 0 Å². The summed E-state index contributed by atoms with van der Waals surface area (Å²) in [4.78, 5) is 24.1. The van der Waals surface area contributed by atoms with Crippen molar-refractivity contribution in [2.45, 2.75) is 84.7 Å². The average Bonchev–Trinajstić information content (AvgIpc) is 2.77. The number of urea groups is 1. The third-order valence-corrected chi connectivity index (χ3v) is 6.54. The van der Waals surface area contributed by atoms with Gasteiger partial charge in [0.05, 0.1) is 5.69 Å². The summed E-state index contributed by atoms with van der Waals surface area (Å²) in [7, 11) is 0. The molecule has 2 rings (SSSR count). The van der Waals surface area contributed by atoms with Crippen LogP contribution in [0.15, 0.2) is 42.5 Å². The maximum atomic E-state index is 13.0. The molecule has 2 aromatic carbocycles. The van der Waals surface area contributed by atoms with E-state index in [9.17, 15) is 9.59 Å². The Balaban J connectivity index is 2.31. The first-order valence-electron chi connectivity index (χ1n) is 11.7. The fourth-order valence-electron chi connectivity index (χ4n) is 3.46. The van der Waals surface area contributed by atoms with Crippen molar-refractivity contribution in [2.75, 3.05) is 5.32 Å². The van der Waals surface area contributed by atoms with Gasteiger partial charge in [0, 0.05) is 11.3 Å². The number of carbonyl (C=O) groups excluding carboxylic acids is 2. The molecule has 33 heavy (non-hydrogen) atoms. The minimum atomic E-state index is -0.783. The van der Waals surface area contributed by atoms with E-state index in [0.29, 0.717) is 17.8 Å². The molecule has 0 aliphatic heterocycles. The maximum absolute atomic E-state index is 13.0. The zero-order valence-electron chi connectivity index (χ0n) is 21.0. The maximum Gasteiger partial charge on any atom is 0.338 e. The minimum Gasteiger partial charge on any atom is -0.480 e. The molecule has 0 heterocycles. The summed E-state index contributed by atoms with van der Waals surface area (Å²) >= 11 is 0. The van der Waals surface area contributed by atoms with Gasteiger partial charge in [0.1, 0.15) is 5.75 Å². The topological polar surface area (TPSA) is 95.5 Å². The van der Waals surface area contributed by atoms with Gasteiger partial charge in [0.25, 0.3) is 5.91 Å². The first-order chi connectivity index (χ1) is 15.4. The molecule has 0 aromatic heterocycles. The number of nitrogens with one attached hydrogen (secondary N) is 1. The number of nitrogens with zero attached hydrogens (tertiary/aromatic N) is 1. The molecule has 0 bridgehead atoms. The van der Waals surface area contributed by atoms with E-state index in [-0.39, 0.29) is 16.7 Å². The van der Waals surface area contributed by atoms with Gasteiger partial charge in [-0.3, -0.25) is 4.79 Å². The molecule has 0 aliphatic carbocycles. The van der Waals surface area contributed by atoms with Gasteiger partial charge in [0.2, 0.25) is 0 Å². The summed E-state index contributed by atoms with van der Waals surface area (Å²) < 4.78 is 6.30. The van der Waals surface area contributed by atoms with Crippen molar-refractivity contribution in [1.82, 2.24) is 5.32 Å². The molecule has 1 atom stereocenters. The predicted molar refractivity (Wildman–Crippen MR) is 134 cm³/mol. The molecule has 1 radical (unpaired) electrons. The molecule has 2 aromatic rings. The van der Waals surface area contributed by atoms with Gasteiger partial charge in [0.15, 0.2) is 6.10 Å². The Morgan fingerprint density at radius 2 is 1.67 bits per heavy atom. The molecular formula is C27H38N3O3. The normalized spacial score (nSPS) is 12.7. The van der Waals surface area contributed by atoms with Crippen LogP contribution >= 0.6 is 0 Å². The van der Waals surface area contributed by atoms with Crippen LogP contribution in [-0.4, -0.2) is 18.0 Å². The SMILES string of the molecule is CCC(Oc1ccc(C(C)(C)CC)cc1C(C)(C)CC)C(=O)Nc1cccc([N]C(N)=O)c1. The summed E-state index contributed by atoms with van der Waals surface area (Å²) in [6.45, 7) is 15.2. The summed E-state index contributed by atoms with van der Waals surface area (Å²) in [6, 6.07) is 12.2. The molecule has 0 fully saturated rings. The fourth-order valence-corrected chi connectivity index (χ4v) is 3.46. The zero-order valence-corrected chi connectivity index (χ0v) is 21.0. The van der Waals surface area contributed by atoms with E-state index < -0.39 is 12.1 Å². The van der Waals surface area contributed by atoms with E-state index in [0.717, 1.165) is 24.2 Å². The van der Waals surface area contributed by atoms with Crippen LogP contribution in [0, 0.1) is 0 Å². The van der Waals surface area contributed by atoms with Crippen LogP contribution in [0.3, 0.4) is 0 Å². The number of carbonyl (C=O) groups is 2. The summed E-state index contributed by atoms with van der Waals surface area (Å²) in [5.41, 5.74) is 8.36. The first kappa shape index (κ1) is 26.2. The van der Waals surface area contributed by atoms with Gasteiger partial charge < -0.3 is 15.8 Å². The van der Waals surface area contributed by atoms with Crippen LogP contribution < -0.4 is 21.1 Å². The van der Waals surface area contributed by atoms with Crippen LogP contribution in [0.2, 0.25) is 0 Å². The number of ether oxygens (including phenoxy) is 1. The fraction of sp³-hybridized carbons (Fsp3) is 0.481. The zero-order chi connectivity index (χ0) is 24.8. The van der Waals surface area contributed by atoms with Gasteiger partial charge in [-0.05, 0) is 59.9 Å². The molecule has 3 amide bonds. The average molecular weight is 453 g/mol. The number of hydrogen-bond donors (Lipinski definition) is 2. The Morgan fingerprint density at radius 3 is 2.24 bits per heavy atom. The molecular weight excluding hydrogens is 414 g/mol. The van der Waals surface area contributed by atoms with Gasteiger partial charge in [-0.25, -0.2) is 4.79 Å². The van der Waals surface area contributed by atoms with Crippen LogP contribution in [0.5, 0.6) is 5.75 Å². The van der Waals surface area contributed by atoms with Crippen molar-refractivity contribution < 1.29 is 14.3 Å². The van der Waals surface area contributed by atoms with Crippen molar-refractivity contribution in [3.8, 4) is 5.75 Å². The standard InChI is InChI=1S/C27H38N3O3/c1-8-22(24(31)29-19-12-11-13-20(17-19)30-25(28)32)33-23-15-14-18(26(4,5)9-2)16-21(23)27(6,7)10-3/h11-17,22H,8-10H2,1-7H3,(H2,28,32)(H,29,31). The third-order valence-electron chi connectivity index (χ3n) is 6.54. The van der Waals surface area contributed by atoms with Gasteiger partial charge in [-0.2, -0.15) is 5.32 Å². The molecule has 0 saturated carbocycles. The minimum absolute atomic E-state index is 0.0552. The Bertz CT molecular complexity index is 982. The summed E-state index contributed by atoms with van der Waals surface area (Å²) in [5.74, 6) is 0.476. The quantitative estimate of drug-likeness (QED) is 0.451. The van der Waals surface area contributed by atoms with Gasteiger partial charge >= 0.3 is 6.03 Å². The second-order valence-corrected chi connectivity index (χ2v) is 9.69. The second-order valence-electron chi connectivity index (χ2n) is 9.69. The lowest BCUT2D eigenvalue weighted by molar-refractivity contribution is -0.122. The van der Waals surface area contributed by atoms with Crippen molar-refractivity contribution >= 4 is 23.3 Å². The number of hydrogen-bond acceptors (Lipinski definition) is 3. The third kappa shape index (κ3) is 6.73. The molecule has 6 heteroatoms. The van der Waals surface area contributed by atoms with E-state index in [2.05, 4.69) is 64.3 Å². The molecule has 3 N–H and O–H groups in total. The highest BCUT2D eigenvalue weighted by Gasteiger charge is 2.28. The van der Waals surface area contributed by atoms with E-state index in [1.807, 2.05) is 13.0 Å². The van der Waals surface area contributed by atoms with E-state index in [4.69, 9.17) is 10.5 Å². The second kappa shape index (κ2) is 10.7. The molecule has 0 spiro atoms. The lowest BCUT2D eigenvalue weighted by Gasteiger charge is -2.31. The van der Waals surface area contributed by atoms with Crippen molar-refractivity contribution in [2.24, 2.45) is 5.73 Å². The van der Waals surface area contributed by atoms with Crippen LogP contribution in [0.4, 0.5) is 16.2 Å². The number of amides is 3. The lowest BCUT2D eigenvalue weighted by atomic mass is 9.76. The highest BCUT2D eigenvalue weighted by Crippen LogP contribution is 2.39. The van der Waals surface area contributed by atoms with Crippen LogP contribution in [-0.2, 0) is 15.6 Å². The van der Waals surface area contributed by atoms with Crippen LogP contribution in [0.25, 0.3) is 0 Å². The predicted octanol–water partition coefficient (Wildman–Crippen LogP) is 6.17. The Labute approximate surface area is 198 Å². The van der Waals surface area contributed by atoms with Gasteiger partial charge in [-0.1, -0.05) is 66.7 Å². The number of nitrogens with two attached hydrogens (primary N) is 1. The highest BCUT2D eigenvalue weighted by atomic mass is 16.5. The molecule has 179 valence electrons. The largest absolute Gasteiger partial charge is 0.480 e. The highest BCUT2D eigenvalue weighted by molar-refractivity contribution is 5.95. The Kier molecular flexibility index (Phi) is 8.53. The van der Waals surface area contributed by atoms with Crippen molar-refractivity contribution in [1.29, 1.82) is 0 Å². The van der Waals surface area contributed by atoms with Crippen molar-refractivity contribution in [3.05, 3.63) is 53.6 Å². The van der Waals surface area contributed by atoms with Crippen molar-refractivity contribution in [3.63, 3.8) is 0 Å². The van der Waals surface area contributed by atoms with E-state index in [1.54, 1.807) is 24.3 Å². The van der Waals surface area contributed by atoms with Crippen LogP contribution in [0.1, 0.15) is 78.9 Å².